The molecule has 2 aromatic rings. The van der Waals surface area contributed by atoms with Crippen molar-refractivity contribution in [1.29, 1.82) is 0 Å². The molecule has 0 saturated carbocycles. The molecular weight excluding hydrogens is 380 g/mol. The first-order valence-corrected chi connectivity index (χ1v) is 10.1. The lowest BCUT2D eigenvalue weighted by Gasteiger charge is -2.14. The molecule has 0 radical (unpaired) electrons. The van der Waals surface area contributed by atoms with E-state index in [1.54, 1.807) is 0 Å². The number of carbonyl (C=O) groups excluding carboxylic acids is 1. The molecule has 0 unspecified atom stereocenters. The molecule has 0 spiro atoms. The number of hydrogen-bond donors (Lipinski definition) is 2. The number of para-hydroxylation sites is 1. The number of benzene rings is 2. The van der Waals surface area contributed by atoms with E-state index in [2.05, 4.69) is 11.3 Å². The fraction of sp³-hybridized carbons (Fsp3) is 0.0625. The van der Waals surface area contributed by atoms with Crippen molar-refractivity contribution in [2.75, 3.05) is 11.8 Å². The lowest BCUT2D eigenvalue weighted by atomic mass is 10.2. The second-order valence-corrected chi connectivity index (χ2v) is 8.59. The second kappa shape index (κ2) is 7.18. The van der Waals surface area contributed by atoms with Gasteiger partial charge in [0.25, 0.3) is 15.9 Å². The number of primary amides is 1. The molecule has 0 atom stereocenters. The molecule has 2 rings (SSSR count). The maximum atomic E-state index is 12.8. The Morgan fingerprint density at radius 2 is 1.81 bits per heavy atom. The number of nitrogens with two attached hydrogens (primary N) is 1. The third kappa shape index (κ3) is 3.86. The first-order valence-electron chi connectivity index (χ1n) is 7.09. The zero-order chi connectivity index (χ0) is 19.5. The minimum Gasteiger partial charge on any atom is -0.495 e. The summed E-state index contributed by atoms with van der Waals surface area (Å²) in [6, 6.07) is 9.11. The Bertz CT molecular complexity index is 1080. The Labute approximate surface area is 151 Å². The normalized spacial score (nSPS) is 11.6. The summed E-state index contributed by atoms with van der Waals surface area (Å²) in [5.74, 6) is -0.893. The van der Waals surface area contributed by atoms with Gasteiger partial charge >= 0.3 is 0 Å². The van der Waals surface area contributed by atoms with Gasteiger partial charge in [-0.1, -0.05) is 18.7 Å². The summed E-state index contributed by atoms with van der Waals surface area (Å²) in [6.45, 7) is 3.21. The van der Waals surface area contributed by atoms with Crippen molar-refractivity contribution in [3.63, 3.8) is 0 Å². The molecule has 0 aliphatic carbocycles. The molecule has 0 fully saturated rings. The first kappa shape index (κ1) is 19.5. The van der Waals surface area contributed by atoms with Gasteiger partial charge in [-0.05, 0) is 30.3 Å². The second-order valence-electron chi connectivity index (χ2n) is 5.04. The van der Waals surface area contributed by atoms with E-state index in [-0.39, 0.29) is 21.9 Å². The van der Waals surface area contributed by atoms with Crippen molar-refractivity contribution >= 4 is 31.5 Å². The van der Waals surface area contributed by atoms with E-state index in [1.165, 1.54) is 43.5 Å². The molecule has 0 saturated heterocycles. The molecule has 0 aliphatic rings. The zero-order valence-electron chi connectivity index (χ0n) is 13.7. The van der Waals surface area contributed by atoms with E-state index in [0.29, 0.717) is 5.41 Å². The molecule has 1 amide bonds. The van der Waals surface area contributed by atoms with Gasteiger partial charge in [-0.2, -0.15) is 0 Å². The van der Waals surface area contributed by atoms with Crippen LogP contribution in [0.1, 0.15) is 10.4 Å². The first-order chi connectivity index (χ1) is 12.1. The summed E-state index contributed by atoms with van der Waals surface area (Å²) in [6.07, 6.45) is 0. The number of ether oxygens (including phenoxy) is 1. The van der Waals surface area contributed by atoms with Crippen LogP contribution < -0.4 is 15.2 Å². The van der Waals surface area contributed by atoms with Gasteiger partial charge in [-0.15, -0.1) is 0 Å². The number of sulfonamides is 1. The largest absolute Gasteiger partial charge is 0.495 e. The number of methoxy groups -OCH3 is 1. The molecule has 26 heavy (non-hydrogen) atoms. The van der Waals surface area contributed by atoms with Crippen LogP contribution in [-0.4, -0.2) is 29.9 Å². The van der Waals surface area contributed by atoms with Crippen molar-refractivity contribution < 1.29 is 26.4 Å². The lowest BCUT2D eigenvalue weighted by Crippen LogP contribution is -2.19. The zero-order valence-corrected chi connectivity index (χ0v) is 15.3. The van der Waals surface area contributed by atoms with E-state index in [4.69, 9.17) is 10.5 Å². The number of sulfone groups is 1. The average molecular weight is 396 g/mol. The number of carbonyl (C=O) groups is 1. The smallest absolute Gasteiger partial charge is 0.265 e. The van der Waals surface area contributed by atoms with Crippen LogP contribution in [0.15, 0.2) is 64.2 Å². The molecule has 10 heteroatoms. The number of amides is 1. The predicted molar refractivity (Wildman–Crippen MR) is 96.1 cm³/mol. The quantitative estimate of drug-likeness (QED) is 0.729. The van der Waals surface area contributed by atoms with Crippen molar-refractivity contribution in [2.24, 2.45) is 5.73 Å². The minimum atomic E-state index is -4.28. The van der Waals surface area contributed by atoms with E-state index >= 15 is 0 Å². The third-order valence-corrected chi connectivity index (χ3v) is 6.15. The number of nitrogens with one attached hydrogen (secondary N) is 1. The van der Waals surface area contributed by atoms with Crippen LogP contribution in [0.2, 0.25) is 0 Å². The molecule has 138 valence electrons. The summed E-state index contributed by atoms with van der Waals surface area (Å²) in [4.78, 5) is 10.8. The molecule has 0 aliphatic heterocycles. The average Bonchev–Trinajstić information content (AvgIpc) is 2.61. The Morgan fingerprint density at radius 3 is 2.38 bits per heavy atom. The Kier molecular flexibility index (Phi) is 5.38. The van der Waals surface area contributed by atoms with Crippen LogP contribution in [0.25, 0.3) is 0 Å². The summed E-state index contributed by atoms with van der Waals surface area (Å²) in [5, 5.41) is 0.709. The van der Waals surface area contributed by atoms with Gasteiger partial charge in [0.2, 0.25) is 0 Å². The SMILES string of the molecule is C=CS(=O)(=O)c1ccc(OC)c(S(=O)(=O)Nc2ccccc2C(N)=O)c1. The summed E-state index contributed by atoms with van der Waals surface area (Å²) in [5.41, 5.74) is 5.16. The molecule has 0 aromatic heterocycles. The number of rotatable bonds is 7. The van der Waals surface area contributed by atoms with Gasteiger partial charge in [0.15, 0.2) is 9.84 Å². The molecule has 2 aromatic carbocycles. The predicted octanol–water partition coefficient (Wildman–Crippen LogP) is 1.51. The van der Waals surface area contributed by atoms with E-state index in [1.807, 2.05) is 0 Å². The summed E-state index contributed by atoms with van der Waals surface area (Å²) >= 11 is 0. The fourth-order valence-electron chi connectivity index (χ4n) is 2.13. The summed E-state index contributed by atoms with van der Waals surface area (Å²) < 4.78 is 56.7. The van der Waals surface area contributed by atoms with Crippen molar-refractivity contribution in [2.45, 2.75) is 9.79 Å². The molecule has 0 heterocycles. The number of hydrogen-bond acceptors (Lipinski definition) is 6. The third-order valence-electron chi connectivity index (χ3n) is 3.41. The van der Waals surface area contributed by atoms with Crippen molar-refractivity contribution in [3.8, 4) is 5.75 Å². The van der Waals surface area contributed by atoms with Gasteiger partial charge < -0.3 is 10.5 Å². The fourth-order valence-corrected chi connectivity index (χ4v) is 4.21. The topological polar surface area (TPSA) is 133 Å². The lowest BCUT2D eigenvalue weighted by molar-refractivity contribution is 0.100. The highest BCUT2D eigenvalue weighted by Gasteiger charge is 2.24. The summed E-state index contributed by atoms with van der Waals surface area (Å²) in [7, 11) is -6.90. The van der Waals surface area contributed by atoms with Crippen molar-refractivity contribution in [1.82, 2.24) is 0 Å². The molecular formula is C16H16N2O6S2. The van der Waals surface area contributed by atoms with Crippen LogP contribution >= 0.6 is 0 Å². The highest BCUT2D eigenvalue weighted by molar-refractivity contribution is 7.94. The maximum absolute atomic E-state index is 12.8. The van der Waals surface area contributed by atoms with Gasteiger partial charge in [0.05, 0.1) is 23.3 Å². The minimum absolute atomic E-state index is 0.0371. The van der Waals surface area contributed by atoms with Gasteiger partial charge in [0.1, 0.15) is 10.6 Å². The van der Waals surface area contributed by atoms with E-state index in [0.717, 1.165) is 6.07 Å². The van der Waals surface area contributed by atoms with Crippen LogP contribution in [0, 0.1) is 0 Å². The van der Waals surface area contributed by atoms with Gasteiger partial charge in [-0.3, -0.25) is 9.52 Å². The van der Waals surface area contributed by atoms with Crippen LogP contribution in [0.5, 0.6) is 5.75 Å². The Morgan fingerprint density at radius 1 is 1.15 bits per heavy atom. The Balaban J connectivity index is 2.61. The molecule has 3 N–H and O–H groups in total. The standard InChI is InChI=1S/C16H16N2O6S2/c1-3-25(20,21)11-8-9-14(24-2)15(10-11)26(22,23)18-13-7-5-4-6-12(13)16(17)19/h3-10,18H,1H2,2H3,(H2,17,19). The number of anilines is 1. The maximum Gasteiger partial charge on any atom is 0.265 e. The Hall–Kier alpha value is -2.85. The van der Waals surface area contributed by atoms with Crippen LogP contribution in [-0.2, 0) is 19.9 Å². The van der Waals surface area contributed by atoms with Crippen molar-refractivity contribution in [3.05, 3.63) is 60.0 Å². The monoisotopic (exact) mass is 396 g/mol. The van der Waals surface area contributed by atoms with E-state index < -0.39 is 30.7 Å². The van der Waals surface area contributed by atoms with Gasteiger partial charge in [0, 0.05) is 5.41 Å². The highest BCUT2D eigenvalue weighted by Crippen LogP contribution is 2.29. The highest BCUT2D eigenvalue weighted by atomic mass is 32.2. The molecule has 0 bridgehead atoms. The van der Waals surface area contributed by atoms with Crippen LogP contribution in [0.3, 0.4) is 0 Å². The molecule has 8 nitrogen and oxygen atoms in total. The van der Waals surface area contributed by atoms with E-state index in [9.17, 15) is 21.6 Å². The van der Waals surface area contributed by atoms with Gasteiger partial charge in [-0.25, -0.2) is 16.8 Å². The van der Waals surface area contributed by atoms with Crippen LogP contribution in [0.4, 0.5) is 5.69 Å².